The molecular formula is C19H26N4O3. The number of nitrogens with zero attached hydrogens (tertiary/aromatic N) is 4. The number of hydrogen-bond donors (Lipinski definition) is 0. The van der Waals surface area contributed by atoms with Gasteiger partial charge in [0.15, 0.2) is 6.10 Å². The highest BCUT2D eigenvalue weighted by Crippen LogP contribution is 2.41. The summed E-state index contributed by atoms with van der Waals surface area (Å²) in [6.45, 7) is 3.59. The van der Waals surface area contributed by atoms with Crippen molar-refractivity contribution in [3.63, 3.8) is 0 Å². The number of likely N-dealkylation sites (tertiary alicyclic amines) is 2. The molecule has 1 aliphatic carbocycles. The van der Waals surface area contributed by atoms with Crippen LogP contribution in [0.5, 0.6) is 0 Å². The Morgan fingerprint density at radius 1 is 1.04 bits per heavy atom. The lowest BCUT2D eigenvalue weighted by atomic mass is 9.88. The Morgan fingerprint density at radius 3 is 2.42 bits per heavy atom. The highest BCUT2D eigenvalue weighted by Gasteiger charge is 2.49. The maximum absolute atomic E-state index is 12.9. The molecule has 7 nitrogen and oxygen atoms in total. The Hall–Kier alpha value is -1.89. The Bertz CT molecular complexity index is 712. The van der Waals surface area contributed by atoms with Gasteiger partial charge >= 0.3 is 0 Å². The zero-order valence-corrected chi connectivity index (χ0v) is 15.1. The molecule has 3 fully saturated rings. The van der Waals surface area contributed by atoms with Crippen molar-refractivity contribution in [3.8, 4) is 0 Å². The number of piperidine rings is 1. The van der Waals surface area contributed by atoms with Crippen molar-refractivity contribution in [2.75, 3.05) is 26.2 Å². The Labute approximate surface area is 153 Å². The SMILES string of the molecule is O=C(C1CC1)N1CCC2(CC1)OC(C(=O)N1CCCC1)Cn1ccnc12. The van der Waals surface area contributed by atoms with E-state index in [0.717, 1.165) is 44.6 Å². The molecule has 1 atom stereocenters. The third kappa shape index (κ3) is 2.64. The normalized spacial score (nSPS) is 27.6. The third-order valence-corrected chi connectivity index (χ3v) is 6.36. The third-order valence-electron chi connectivity index (χ3n) is 6.36. The largest absolute Gasteiger partial charge is 0.352 e. The van der Waals surface area contributed by atoms with Crippen LogP contribution in [-0.4, -0.2) is 63.4 Å². The van der Waals surface area contributed by atoms with Crippen molar-refractivity contribution in [2.24, 2.45) is 5.92 Å². The first kappa shape index (κ1) is 16.3. The molecule has 1 saturated carbocycles. The summed E-state index contributed by atoms with van der Waals surface area (Å²) in [6.07, 6.45) is 8.97. The number of imidazole rings is 1. The Kier molecular flexibility index (Phi) is 3.81. The number of carbonyl (C=O) groups is 2. The molecule has 4 heterocycles. The van der Waals surface area contributed by atoms with Gasteiger partial charge in [-0.3, -0.25) is 9.59 Å². The zero-order chi connectivity index (χ0) is 17.7. The summed E-state index contributed by atoms with van der Waals surface area (Å²) < 4.78 is 8.55. The second-order valence-corrected chi connectivity index (χ2v) is 8.14. The van der Waals surface area contributed by atoms with Crippen LogP contribution in [0.4, 0.5) is 0 Å². The van der Waals surface area contributed by atoms with Crippen LogP contribution >= 0.6 is 0 Å². The van der Waals surface area contributed by atoms with E-state index in [1.54, 1.807) is 6.20 Å². The monoisotopic (exact) mass is 358 g/mol. The smallest absolute Gasteiger partial charge is 0.253 e. The van der Waals surface area contributed by atoms with Crippen LogP contribution < -0.4 is 0 Å². The van der Waals surface area contributed by atoms with Gasteiger partial charge in [-0.1, -0.05) is 0 Å². The molecule has 7 heteroatoms. The number of hydrogen-bond acceptors (Lipinski definition) is 4. The van der Waals surface area contributed by atoms with E-state index in [4.69, 9.17) is 4.74 Å². The molecule has 0 aromatic carbocycles. The molecule has 1 unspecified atom stereocenters. The van der Waals surface area contributed by atoms with Crippen molar-refractivity contribution in [3.05, 3.63) is 18.2 Å². The topological polar surface area (TPSA) is 67.7 Å². The van der Waals surface area contributed by atoms with Gasteiger partial charge in [-0.25, -0.2) is 4.98 Å². The summed E-state index contributed by atoms with van der Waals surface area (Å²) in [7, 11) is 0. The molecule has 140 valence electrons. The van der Waals surface area contributed by atoms with E-state index in [2.05, 4.69) is 9.55 Å². The van der Waals surface area contributed by atoms with Crippen LogP contribution in [-0.2, 0) is 26.5 Å². The number of carbonyl (C=O) groups excluding carboxylic acids is 2. The van der Waals surface area contributed by atoms with Gasteiger partial charge in [-0.05, 0) is 25.7 Å². The minimum Gasteiger partial charge on any atom is -0.352 e. The van der Waals surface area contributed by atoms with Gasteiger partial charge in [0.05, 0.1) is 6.54 Å². The molecule has 2 saturated heterocycles. The average Bonchev–Trinajstić information content (AvgIpc) is 3.16. The molecule has 5 rings (SSSR count). The maximum atomic E-state index is 12.9. The van der Waals surface area contributed by atoms with Crippen LogP contribution in [0.3, 0.4) is 0 Å². The molecule has 2 amide bonds. The van der Waals surface area contributed by atoms with Crippen LogP contribution in [0.25, 0.3) is 0 Å². The van der Waals surface area contributed by atoms with Gasteiger partial charge in [-0.15, -0.1) is 0 Å². The van der Waals surface area contributed by atoms with Gasteiger partial charge in [0.2, 0.25) is 5.91 Å². The zero-order valence-electron chi connectivity index (χ0n) is 15.1. The second-order valence-electron chi connectivity index (χ2n) is 8.14. The molecule has 0 N–H and O–H groups in total. The highest BCUT2D eigenvalue weighted by atomic mass is 16.5. The molecular weight excluding hydrogens is 332 g/mol. The molecule has 0 radical (unpaired) electrons. The van der Waals surface area contributed by atoms with Crippen molar-refractivity contribution < 1.29 is 14.3 Å². The number of ether oxygens (including phenoxy) is 1. The molecule has 3 aliphatic heterocycles. The van der Waals surface area contributed by atoms with Crippen LogP contribution in [0.2, 0.25) is 0 Å². The molecule has 0 bridgehead atoms. The molecule has 4 aliphatic rings. The number of rotatable bonds is 2. The van der Waals surface area contributed by atoms with E-state index in [1.807, 2.05) is 16.0 Å². The quantitative estimate of drug-likeness (QED) is 0.795. The van der Waals surface area contributed by atoms with Crippen molar-refractivity contribution in [1.82, 2.24) is 19.4 Å². The summed E-state index contributed by atoms with van der Waals surface area (Å²) in [5.74, 6) is 1.57. The predicted octanol–water partition coefficient (Wildman–Crippen LogP) is 1.13. The van der Waals surface area contributed by atoms with Gasteiger partial charge in [0, 0.05) is 57.3 Å². The van der Waals surface area contributed by atoms with Gasteiger partial charge < -0.3 is 19.1 Å². The molecule has 26 heavy (non-hydrogen) atoms. The number of aromatic nitrogens is 2. The standard InChI is InChI=1S/C19H26N4O3/c24-16(14-3-4-14)22-10-5-19(6-11-22)18-20-7-12-23(18)13-15(26-19)17(25)21-8-1-2-9-21/h7,12,14-15H,1-6,8-11,13H2. The predicted molar refractivity (Wildman–Crippen MR) is 93.1 cm³/mol. The van der Waals surface area contributed by atoms with E-state index < -0.39 is 11.7 Å². The highest BCUT2D eigenvalue weighted by molar-refractivity contribution is 5.82. The van der Waals surface area contributed by atoms with E-state index >= 15 is 0 Å². The summed E-state index contributed by atoms with van der Waals surface area (Å²) in [5.41, 5.74) is -0.540. The van der Waals surface area contributed by atoms with E-state index in [-0.39, 0.29) is 11.8 Å². The minimum atomic E-state index is -0.540. The Balaban J connectivity index is 1.36. The number of fused-ring (bicyclic) bond motifs is 2. The van der Waals surface area contributed by atoms with E-state index in [0.29, 0.717) is 38.4 Å². The summed E-state index contributed by atoms with van der Waals surface area (Å²) >= 11 is 0. The molecule has 1 aromatic heterocycles. The van der Waals surface area contributed by atoms with Gasteiger partial charge in [0.1, 0.15) is 11.4 Å². The fourth-order valence-corrected chi connectivity index (χ4v) is 4.68. The second kappa shape index (κ2) is 6.08. The summed E-state index contributed by atoms with van der Waals surface area (Å²) in [4.78, 5) is 33.8. The fraction of sp³-hybridized carbons (Fsp3) is 0.737. The van der Waals surface area contributed by atoms with E-state index in [1.165, 1.54) is 0 Å². The first-order chi connectivity index (χ1) is 12.7. The summed E-state index contributed by atoms with van der Waals surface area (Å²) in [6, 6.07) is 0. The number of amides is 2. The van der Waals surface area contributed by atoms with E-state index in [9.17, 15) is 9.59 Å². The van der Waals surface area contributed by atoms with Crippen molar-refractivity contribution in [1.29, 1.82) is 0 Å². The van der Waals surface area contributed by atoms with Crippen LogP contribution in [0, 0.1) is 5.92 Å². The fourth-order valence-electron chi connectivity index (χ4n) is 4.68. The van der Waals surface area contributed by atoms with Crippen molar-refractivity contribution in [2.45, 2.75) is 56.8 Å². The van der Waals surface area contributed by atoms with Crippen molar-refractivity contribution >= 4 is 11.8 Å². The lowest BCUT2D eigenvalue weighted by molar-refractivity contribution is -0.182. The van der Waals surface area contributed by atoms with Crippen LogP contribution in [0.1, 0.15) is 44.3 Å². The molecule has 1 aromatic rings. The van der Waals surface area contributed by atoms with Gasteiger partial charge in [-0.2, -0.15) is 0 Å². The first-order valence-corrected chi connectivity index (χ1v) is 9.93. The minimum absolute atomic E-state index is 0.109. The lowest BCUT2D eigenvalue weighted by Gasteiger charge is -2.46. The summed E-state index contributed by atoms with van der Waals surface area (Å²) in [5, 5.41) is 0. The van der Waals surface area contributed by atoms with Gasteiger partial charge in [0.25, 0.3) is 5.91 Å². The van der Waals surface area contributed by atoms with Crippen LogP contribution in [0.15, 0.2) is 12.4 Å². The average molecular weight is 358 g/mol. The first-order valence-electron chi connectivity index (χ1n) is 9.93. The Morgan fingerprint density at radius 2 is 1.73 bits per heavy atom. The lowest BCUT2D eigenvalue weighted by Crippen LogP contribution is -2.55. The maximum Gasteiger partial charge on any atom is 0.253 e. The molecule has 1 spiro atoms.